The number of hydrogen-bond donors (Lipinski definition) is 1. The second-order valence-electron chi connectivity index (χ2n) is 13.9. The molecule has 1 amide bonds. The Morgan fingerprint density at radius 2 is 1.55 bits per heavy atom. The zero-order chi connectivity index (χ0) is 31.7. The monoisotopic (exact) mass is 617 g/mol. The third-order valence-electron chi connectivity index (χ3n) is 8.62. The van der Waals surface area contributed by atoms with Crippen LogP contribution in [-0.2, 0) is 23.1 Å². The van der Waals surface area contributed by atoms with Crippen LogP contribution < -0.4 is 11.0 Å². The van der Waals surface area contributed by atoms with Crippen LogP contribution in [0.15, 0.2) is 47.4 Å². The molecule has 1 aromatic carbocycles. The molecule has 1 saturated heterocycles. The van der Waals surface area contributed by atoms with Gasteiger partial charge in [0, 0.05) is 18.7 Å². The number of nitrogens with zero attached hydrogens (tertiary/aromatic N) is 2. The minimum Gasteiger partial charge on any atom is -0.457 e. The van der Waals surface area contributed by atoms with Crippen LogP contribution in [0.25, 0.3) is 0 Å². The summed E-state index contributed by atoms with van der Waals surface area (Å²) in [5.74, 6) is -0.747. The standard InChI is InChI=1S/C30H47N3O7Si2/c1-20(34)38-24-22(19-37-41(8,9)29(2,3)4)39-27(25(24)40-42(10,11)30(5,6)7)33-18-17-23(32-28(33)36)31-26(35)21-15-13-12-14-16-21/h12-18,22,24-25,27H,19H2,1-11H3,(H,31,32,35,36). The van der Waals surface area contributed by atoms with E-state index in [9.17, 15) is 14.4 Å². The summed E-state index contributed by atoms with van der Waals surface area (Å²) in [4.78, 5) is 42.4. The Balaban J connectivity index is 1.99. The first kappa shape index (κ1) is 33.9. The summed E-state index contributed by atoms with van der Waals surface area (Å²) in [5, 5.41) is 2.46. The molecular formula is C30H47N3O7Si2. The van der Waals surface area contributed by atoms with Crippen molar-refractivity contribution in [2.24, 2.45) is 0 Å². The van der Waals surface area contributed by atoms with Gasteiger partial charge in [0.1, 0.15) is 18.0 Å². The van der Waals surface area contributed by atoms with E-state index in [-0.39, 0.29) is 28.4 Å². The van der Waals surface area contributed by atoms with E-state index in [1.54, 1.807) is 24.3 Å². The third-order valence-corrected chi connectivity index (χ3v) is 17.6. The van der Waals surface area contributed by atoms with Crippen molar-refractivity contribution in [3.8, 4) is 0 Å². The molecule has 12 heteroatoms. The lowest BCUT2D eigenvalue weighted by atomic mass is 10.1. The number of aromatic nitrogens is 2. The number of esters is 1. The van der Waals surface area contributed by atoms with Gasteiger partial charge in [-0.15, -0.1) is 0 Å². The molecule has 1 aliphatic heterocycles. The molecule has 1 N–H and O–H groups in total. The Hall–Kier alpha value is -2.65. The van der Waals surface area contributed by atoms with Crippen LogP contribution in [0.2, 0.25) is 36.3 Å². The Morgan fingerprint density at radius 1 is 0.952 bits per heavy atom. The topological polar surface area (TPSA) is 118 Å². The van der Waals surface area contributed by atoms with Crippen molar-refractivity contribution in [3.05, 3.63) is 58.6 Å². The predicted molar refractivity (Wildman–Crippen MR) is 168 cm³/mol. The minimum absolute atomic E-state index is 0.0418. The number of carbonyl (C=O) groups excluding carboxylic acids is 2. The number of anilines is 1. The molecule has 4 atom stereocenters. The lowest BCUT2D eigenvalue weighted by molar-refractivity contribution is -0.153. The van der Waals surface area contributed by atoms with Crippen LogP contribution in [0.1, 0.15) is 65.1 Å². The Kier molecular flexibility index (Phi) is 10.1. The normalized spacial score (nSPS) is 21.7. The first-order valence-corrected chi connectivity index (χ1v) is 20.2. The molecule has 10 nitrogen and oxygen atoms in total. The van der Waals surface area contributed by atoms with Gasteiger partial charge in [0.05, 0.1) is 6.61 Å². The average molecular weight is 618 g/mol. The minimum atomic E-state index is -2.44. The van der Waals surface area contributed by atoms with E-state index in [0.29, 0.717) is 5.56 Å². The molecule has 1 aromatic heterocycles. The van der Waals surface area contributed by atoms with Gasteiger partial charge in [-0.25, -0.2) is 4.79 Å². The number of hydrogen-bond acceptors (Lipinski definition) is 8. The molecule has 1 aliphatic rings. The molecule has 0 saturated carbocycles. The maximum absolute atomic E-state index is 13.4. The van der Waals surface area contributed by atoms with Crippen molar-refractivity contribution in [2.75, 3.05) is 11.9 Å². The van der Waals surface area contributed by atoms with Crippen LogP contribution in [0.4, 0.5) is 5.82 Å². The fraction of sp³-hybridized carbons (Fsp3) is 0.600. The molecule has 2 aromatic rings. The summed E-state index contributed by atoms with van der Waals surface area (Å²) in [6.45, 7) is 22.8. The summed E-state index contributed by atoms with van der Waals surface area (Å²) < 4.78 is 26.9. The largest absolute Gasteiger partial charge is 0.457 e. The first-order chi connectivity index (χ1) is 19.2. The van der Waals surface area contributed by atoms with E-state index in [1.165, 1.54) is 23.8 Å². The average Bonchev–Trinajstić information content (AvgIpc) is 3.17. The summed E-state index contributed by atoms with van der Waals surface area (Å²) >= 11 is 0. The lowest BCUT2D eigenvalue weighted by Gasteiger charge is -2.40. The highest BCUT2D eigenvalue weighted by atomic mass is 28.4. The van der Waals surface area contributed by atoms with Gasteiger partial charge < -0.3 is 23.6 Å². The predicted octanol–water partition coefficient (Wildman–Crippen LogP) is 5.74. The van der Waals surface area contributed by atoms with Gasteiger partial charge in [-0.1, -0.05) is 59.7 Å². The number of benzene rings is 1. The number of rotatable bonds is 9. The molecule has 2 heterocycles. The molecule has 1 fully saturated rings. The quantitative estimate of drug-likeness (QED) is 0.280. The Labute approximate surface area is 251 Å². The summed E-state index contributed by atoms with van der Waals surface area (Å²) in [6, 6.07) is 10.2. The van der Waals surface area contributed by atoms with Crippen molar-refractivity contribution in [2.45, 2.75) is 109 Å². The SMILES string of the molecule is CC(=O)OC1C(CO[Si](C)(C)C(C)(C)C)OC(n2ccc(NC(=O)c3ccccc3)nc2=O)C1O[Si](C)(C)C(C)(C)C. The van der Waals surface area contributed by atoms with Crippen molar-refractivity contribution in [1.82, 2.24) is 9.55 Å². The van der Waals surface area contributed by atoms with Crippen LogP contribution >= 0.6 is 0 Å². The summed E-state index contributed by atoms with van der Waals surface area (Å²) in [5.41, 5.74) is -0.193. The highest BCUT2D eigenvalue weighted by Crippen LogP contribution is 2.43. The van der Waals surface area contributed by atoms with Crippen molar-refractivity contribution >= 4 is 34.3 Å². The van der Waals surface area contributed by atoms with Crippen LogP contribution in [0.3, 0.4) is 0 Å². The molecule has 3 rings (SSSR count). The molecule has 42 heavy (non-hydrogen) atoms. The first-order valence-electron chi connectivity index (χ1n) is 14.3. The van der Waals surface area contributed by atoms with E-state index in [1.807, 2.05) is 6.07 Å². The number of amides is 1. The maximum Gasteiger partial charge on any atom is 0.351 e. The van der Waals surface area contributed by atoms with Crippen molar-refractivity contribution < 1.29 is 27.9 Å². The van der Waals surface area contributed by atoms with Gasteiger partial charge in [-0.05, 0) is 54.5 Å². The van der Waals surface area contributed by atoms with E-state index >= 15 is 0 Å². The highest BCUT2D eigenvalue weighted by Gasteiger charge is 2.53. The fourth-order valence-corrected chi connectivity index (χ4v) is 6.30. The molecular weight excluding hydrogens is 571 g/mol. The third kappa shape index (κ3) is 7.84. The molecule has 0 bridgehead atoms. The molecule has 4 unspecified atom stereocenters. The zero-order valence-corrected chi connectivity index (χ0v) is 28.8. The summed E-state index contributed by atoms with van der Waals surface area (Å²) in [6.07, 6.45) is -1.69. The second-order valence-corrected chi connectivity index (χ2v) is 23.4. The maximum atomic E-state index is 13.4. The van der Waals surface area contributed by atoms with Crippen LogP contribution in [0, 0.1) is 0 Å². The van der Waals surface area contributed by atoms with E-state index in [0.717, 1.165) is 0 Å². The van der Waals surface area contributed by atoms with Gasteiger partial charge >= 0.3 is 11.7 Å². The molecule has 232 valence electrons. The van der Waals surface area contributed by atoms with Crippen LogP contribution in [-0.4, -0.2) is 63.0 Å². The number of carbonyl (C=O) groups is 2. The Bertz CT molecular complexity index is 1320. The highest BCUT2D eigenvalue weighted by molar-refractivity contribution is 6.74. The van der Waals surface area contributed by atoms with E-state index < -0.39 is 52.8 Å². The van der Waals surface area contributed by atoms with Gasteiger partial charge in [-0.2, -0.15) is 4.98 Å². The number of nitrogens with one attached hydrogen (secondary N) is 1. The van der Waals surface area contributed by atoms with Crippen LogP contribution in [0.5, 0.6) is 0 Å². The van der Waals surface area contributed by atoms with Crippen molar-refractivity contribution in [1.29, 1.82) is 0 Å². The molecule has 0 spiro atoms. The second kappa shape index (κ2) is 12.5. The summed E-state index contributed by atoms with van der Waals surface area (Å²) in [7, 11) is -4.62. The van der Waals surface area contributed by atoms with Gasteiger partial charge in [-0.3, -0.25) is 14.2 Å². The van der Waals surface area contributed by atoms with Gasteiger partial charge in [0.15, 0.2) is 29.0 Å². The fourth-order valence-electron chi connectivity index (χ4n) is 4.00. The number of ether oxygens (including phenoxy) is 2. The van der Waals surface area contributed by atoms with Gasteiger partial charge in [0.25, 0.3) is 5.91 Å². The Morgan fingerprint density at radius 3 is 2.07 bits per heavy atom. The molecule has 0 radical (unpaired) electrons. The van der Waals surface area contributed by atoms with Gasteiger partial charge in [0.2, 0.25) is 0 Å². The van der Waals surface area contributed by atoms with E-state index in [4.69, 9.17) is 18.3 Å². The van der Waals surface area contributed by atoms with E-state index in [2.05, 4.69) is 78.0 Å². The zero-order valence-electron chi connectivity index (χ0n) is 26.8. The van der Waals surface area contributed by atoms with Crippen molar-refractivity contribution in [3.63, 3.8) is 0 Å². The smallest absolute Gasteiger partial charge is 0.351 e. The molecule has 0 aliphatic carbocycles. The lowest BCUT2D eigenvalue weighted by Crippen LogP contribution is -2.51.